The predicted octanol–water partition coefficient (Wildman–Crippen LogP) is 2.43. The molecule has 5 nitrogen and oxygen atoms in total. The van der Waals surface area contributed by atoms with Gasteiger partial charge in [0.15, 0.2) is 0 Å². The molecule has 1 aromatic carbocycles. The second kappa shape index (κ2) is 6.65. The van der Waals surface area contributed by atoms with E-state index < -0.39 is 5.97 Å². The third-order valence-corrected chi connectivity index (χ3v) is 4.70. The fourth-order valence-corrected chi connectivity index (χ4v) is 3.38. The normalized spacial score (nSPS) is 17.8. The standard InChI is InChI=1S/C14H18N2O3S/c1-16(12-7-3-2-6-11(12)13(17)18)14(19)15-9-10-5-4-8-20-10/h2-3,6-7,10H,4-5,8-9H2,1H3,(H,15,19)(H,17,18). The molecule has 0 aromatic heterocycles. The Hall–Kier alpha value is -1.69. The number of urea groups is 1. The van der Waals surface area contributed by atoms with E-state index in [1.54, 1.807) is 25.2 Å². The van der Waals surface area contributed by atoms with Crippen LogP contribution in [0.1, 0.15) is 23.2 Å². The number of hydrogen-bond acceptors (Lipinski definition) is 3. The Morgan fingerprint density at radius 1 is 1.45 bits per heavy atom. The summed E-state index contributed by atoms with van der Waals surface area (Å²) in [6.45, 7) is 0.628. The number of aromatic carboxylic acids is 1. The molecular formula is C14H18N2O3S. The molecule has 0 saturated carbocycles. The summed E-state index contributed by atoms with van der Waals surface area (Å²) in [5.74, 6) is 0.115. The van der Waals surface area contributed by atoms with Crippen LogP contribution in [-0.2, 0) is 0 Å². The molecule has 0 aliphatic carbocycles. The van der Waals surface area contributed by atoms with Gasteiger partial charge in [-0.15, -0.1) is 0 Å². The van der Waals surface area contributed by atoms with Crippen LogP contribution in [0.25, 0.3) is 0 Å². The third kappa shape index (κ3) is 3.45. The highest BCUT2D eigenvalue weighted by atomic mass is 32.2. The zero-order valence-corrected chi connectivity index (χ0v) is 12.2. The molecule has 1 fully saturated rings. The minimum atomic E-state index is -1.04. The van der Waals surface area contributed by atoms with Crippen molar-refractivity contribution in [1.82, 2.24) is 5.32 Å². The molecule has 0 bridgehead atoms. The lowest BCUT2D eigenvalue weighted by Gasteiger charge is -2.21. The first kappa shape index (κ1) is 14.7. The van der Waals surface area contributed by atoms with Crippen LogP contribution >= 0.6 is 11.8 Å². The molecule has 1 heterocycles. The third-order valence-electron chi connectivity index (χ3n) is 3.31. The minimum absolute atomic E-state index is 0.125. The molecular weight excluding hydrogens is 276 g/mol. The molecule has 6 heteroatoms. The summed E-state index contributed by atoms with van der Waals surface area (Å²) >= 11 is 1.87. The van der Waals surface area contributed by atoms with Gasteiger partial charge >= 0.3 is 12.0 Å². The van der Waals surface area contributed by atoms with Gasteiger partial charge in [-0.25, -0.2) is 9.59 Å². The highest BCUT2D eigenvalue weighted by Gasteiger charge is 2.20. The largest absolute Gasteiger partial charge is 0.478 e. The summed E-state index contributed by atoms with van der Waals surface area (Å²) in [4.78, 5) is 24.6. The quantitative estimate of drug-likeness (QED) is 0.895. The number of amides is 2. The van der Waals surface area contributed by atoms with E-state index in [0.29, 0.717) is 17.5 Å². The highest BCUT2D eigenvalue weighted by Crippen LogP contribution is 2.25. The van der Waals surface area contributed by atoms with E-state index >= 15 is 0 Å². The summed E-state index contributed by atoms with van der Waals surface area (Å²) in [5.41, 5.74) is 0.525. The number of carbonyl (C=O) groups is 2. The van der Waals surface area contributed by atoms with Gasteiger partial charge in [0.05, 0.1) is 11.3 Å². The molecule has 108 valence electrons. The number of anilines is 1. The first-order chi connectivity index (χ1) is 9.59. The van der Waals surface area contributed by atoms with Crippen molar-refractivity contribution in [2.45, 2.75) is 18.1 Å². The van der Waals surface area contributed by atoms with E-state index in [1.165, 1.54) is 17.4 Å². The second-order valence-electron chi connectivity index (χ2n) is 4.70. The van der Waals surface area contributed by atoms with Gasteiger partial charge < -0.3 is 10.4 Å². The van der Waals surface area contributed by atoms with E-state index in [4.69, 9.17) is 5.11 Å². The van der Waals surface area contributed by atoms with E-state index in [-0.39, 0.29) is 11.6 Å². The number of carbonyl (C=O) groups excluding carboxylic acids is 1. The Morgan fingerprint density at radius 3 is 2.85 bits per heavy atom. The predicted molar refractivity (Wildman–Crippen MR) is 80.7 cm³/mol. The molecule has 1 aromatic rings. The number of para-hydroxylation sites is 1. The van der Waals surface area contributed by atoms with Gasteiger partial charge in [-0.2, -0.15) is 11.8 Å². The van der Waals surface area contributed by atoms with Crippen molar-refractivity contribution >= 4 is 29.4 Å². The Labute approximate surface area is 122 Å². The van der Waals surface area contributed by atoms with Crippen LogP contribution in [0.15, 0.2) is 24.3 Å². The summed E-state index contributed by atoms with van der Waals surface area (Å²) in [6, 6.07) is 6.22. The Kier molecular flexibility index (Phi) is 4.89. The Morgan fingerprint density at radius 2 is 2.20 bits per heavy atom. The van der Waals surface area contributed by atoms with Crippen LogP contribution in [0.2, 0.25) is 0 Å². The second-order valence-corrected chi connectivity index (χ2v) is 6.11. The number of nitrogens with one attached hydrogen (secondary N) is 1. The van der Waals surface area contributed by atoms with Crippen molar-refractivity contribution in [2.24, 2.45) is 0 Å². The van der Waals surface area contributed by atoms with Crippen molar-refractivity contribution in [3.05, 3.63) is 29.8 Å². The lowest BCUT2D eigenvalue weighted by Crippen LogP contribution is -2.40. The summed E-state index contributed by atoms with van der Waals surface area (Å²) in [7, 11) is 1.58. The molecule has 1 aliphatic heterocycles. The van der Waals surface area contributed by atoms with Crippen molar-refractivity contribution in [1.29, 1.82) is 0 Å². The van der Waals surface area contributed by atoms with Crippen molar-refractivity contribution in [3.8, 4) is 0 Å². The van der Waals surface area contributed by atoms with Gasteiger partial charge in [0, 0.05) is 18.8 Å². The van der Waals surface area contributed by atoms with E-state index in [0.717, 1.165) is 12.2 Å². The number of rotatable bonds is 4. The maximum Gasteiger partial charge on any atom is 0.337 e. The van der Waals surface area contributed by atoms with E-state index in [9.17, 15) is 9.59 Å². The lowest BCUT2D eigenvalue weighted by atomic mass is 10.1. The first-order valence-electron chi connectivity index (χ1n) is 6.55. The average Bonchev–Trinajstić information content (AvgIpc) is 2.97. The van der Waals surface area contributed by atoms with Crippen molar-refractivity contribution < 1.29 is 14.7 Å². The van der Waals surface area contributed by atoms with Gasteiger partial charge in [0.25, 0.3) is 0 Å². The summed E-state index contributed by atoms with van der Waals surface area (Å²) in [6.07, 6.45) is 2.32. The maximum absolute atomic E-state index is 12.1. The number of hydrogen-bond donors (Lipinski definition) is 2. The number of benzene rings is 1. The molecule has 0 radical (unpaired) electrons. The Balaban J connectivity index is 2.00. The summed E-state index contributed by atoms with van der Waals surface area (Å²) < 4.78 is 0. The van der Waals surface area contributed by atoms with E-state index in [1.807, 2.05) is 11.8 Å². The van der Waals surface area contributed by atoms with Crippen molar-refractivity contribution in [3.63, 3.8) is 0 Å². The van der Waals surface area contributed by atoms with Gasteiger partial charge in [-0.1, -0.05) is 12.1 Å². The molecule has 1 saturated heterocycles. The molecule has 1 aliphatic rings. The van der Waals surface area contributed by atoms with E-state index in [2.05, 4.69) is 5.32 Å². The van der Waals surface area contributed by atoms with Crippen LogP contribution in [0.5, 0.6) is 0 Å². The van der Waals surface area contributed by atoms with Crippen molar-refractivity contribution in [2.75, 3.05) is 24.2 Å². The molecule has 0 spiro atoms. The molecule has 2 N–H and O–H groups in total. The Bertz CT molecular complexity index is 501. The minimum Gasteiger partial charge on any atom is -0.478 e. The fourth-order valence-electron chi connectivity index (χ4n) is 2.18. The smallest absolute Gasteiger partial charge is 0.337 e. The average molecular weight is 294 g/mol. The molecule has 2 amide bonds. The molecule has 2 rings (SSSR count). The van der Waals surface area contributed by atoms with Gasteiger partial charge in [0.2, 0.25) is 0 Å². The van der Waals surface area contributed by atoms with Crippen LogP contribution in [-0.4, -0.2) is 41.7 Å². The number of carboxylic acid groups (broad SMARTS) is 1. The maximum atomic E-state index is 12.1. The molecule has 1 unspecified atom stereocenters. The summed E-state index contributed by atoms with van der Waals surface area (Å²) in [5, 5.41) is 12.5. The van der Waals surface area contributed by atoms with Gasteiger partial charge in [0.1, 0.15) is 0 Å². The van der Waals surface area contributed by atoms with Crippen LogP contribution in [0.3, 0.4) is 0 Å². The first-order valence-corrected chi connectivity index (χ1v) is 7.60. The molecule has 20 heavy (non-hydrogen) atoms. The van der Waals surface area contributed by atoms with Crippen LogP contribution in [0.4, 0.5) is 10.5 Å². The molecule has 1 atom stereocenters. The lowest BCUT2D eigenvalue weighted by molar-refractivity contribution is 0.0697. The topological polar surface area (TPSA) is 69.6 Å². The SMILES string of the molecule is CN(C(=O)NCC1CCCS1)c1ccccc1C(=O)O. The number of thioether (sulfide) groups is 1. The van der Waals surface area contributed by atoms with Crippen LogP contribution < -0.4 is 10.2 Å². The van der Waals surface area contributed by atoms with Crippen LogP contribution in [0, 0.1) is 0 Å². The fraction of sp³-hybridized carbons (Fsp3) is 0.429. The van der Waals surface area contributed by atoms with Gasteiger partial charge in [-0.05, 0) is 30.7 Å². The number of nitrogens with zero attached hydrogens (tertiary/aromatic N) is 1. The highest BCUT2D eigenvalue weighted by molar-refractivity contribution is 8.00. The zero-order chi connectivity index (χ0) is 14.5. The zero-order valence-electron chi connectivity index (χ0n) is 11.3. The monoisotopic (exact) mass is 294 g/mol. The number of carboxylic acids is 1. The van der Waals surface area contributed by atoms with Gasteiger partial charge in [-0.3, -0.25) is 4.90 Å².